The largest absolute Gasteiger partial charge is 0.507 e. The van der Waals surface area contributed by atoms with Gasteiger partial charge in [-0.2, -0.15) is 0 Å². The van der Waals surface area contributed by atoms with Crippen LogP contribution in [0.1, 0.15) is 0 Å². The van der Waals surface area contributed by atoms with Crippen molar-refractivity contribution < 1.29 is 5.11 Å². The Bertz CT molecular complexity index is 389. The Labute approximate surface area is 69.5 Å². The van der Waals surface area contributed by atoms with E-state index in [2.05, 4.69) is 4.98 Å². The molecule has 0 aliphatic carbocycles. The molecule has 12 heavy (non-hydrogen) atoms. The number of hydrogen-bond acceptors (Lipinski definition) is 3. The highest BCUT2D eigenvalue weighted by Gasteiger charge is 2.01. The zero-order valence-electron chi connectivity index (χ0n) is 6.36. The number of aromatic nitrogens is 1. The summed E-state index contributed by atoms with van der Waals surface area (Å²) in [4.78, 5) is 4.06. The number of nitrogen functional groups attached to an aromatic ring is 1. The van der Waals surface area contributed by atoms with Gasteiger partial charge < -0.3 is 10.8 Å². The van der Waals surface area contributed by atoms with Crippen molar-refractivity contribution in [3.8, 4) is 5.75 Å². The van der Waals surface area contributed by atoms with Gasteiger partial charge in [-0.1, -0.05) is 6.07 Å². The van der Waals surface area contributed by atoms with Crippen LogP contribution in [0.5, 0.6) is 5.75 Å². The Hall–Kier alpha value is -1.77. The molecule has 0 aliphatic rings. The Balaban J connectivity index is 2.96. The number of rotatable bonds is 0. The topological polar surface area (TPSA) is 59.1 Å². The number of fused-ring (bicyclic) bond motifs is 1. The maximum absolute atomic E-state index is 9.43. The molecule has 60 valence electrons. The van der Waals surface area contributed by atoms with E-state index in [1.54, 1.807) is 24.4 Å². The minimum absolute atomic E-state index is 0.179. The van der Waals surface area contributed by atoms with Crippen molar-refractivity contribution in [2.24, 2.45) is 0 Å². The lowest BCUT2D eigenvalue weighted by Crippen LogP contribution is -1.88. The number of phenolic OH excluding ortho intramolecular Hbond substituents is 1. The average Bonchev–Trinajstić information content (AvgIpc) is 2.04. The average molecular weight is 160 g/mol. The van der Waals surface area contributed by atoms with Crippen LogP contribution in [0.2, 0.25) is 0 Å². The van der Waals surface area contributed by atoms with Crippen LogP contribution in [0.15, 0.2) is 30.5 Å². The molecule has 3 heteroatoms. The molecule has 0 bridgehead atoms. The van der Waals surface area contributed by atoms with E-state index in [9.17, 15) is 5.11 Å². The zero-order chi connectivity index (χ0) is 8.55. The van der Waals surface area contributed by atoms with Crippen LogP contribution in [-0.2, 0) is 0 Å². The lowest BCUT2D eigenvalue weighted by molar-refractivity contribution is 0.482. The minimum Gasteiger partial charge on any atom is -0.507 e. The van der Waals surface area contributed by atoms with E-state index in [-0.39, 0.29) is 5.75 Å². The van der Waals surface area contributed by atoms with E-state index < -0.39 is 0 Å². The predicted octanol–water partition coefficient (Wildman–Crippen LogP) is 1.52. The molecule has 3 N–H and O–H groups in total. The first-order valence-electron chi connectivity index (χ1n) is 3.61. The molecule has 0 fully saturated rings. The van der Waals surface area contributed by atoms with E-state index in [1.807, 2.05) is 6.07 Å². The van der Waals surface area contributed by atoms with Crippen molar-refractivity contribution >= 4 is 16.6 Å². The van der Waals surface area contributed by atoms with Crippen molar-refractivity contribution in [1.82, 2.24) is 4.98 Å². The highest BCUT2D eigenvalue weighted by Crippen LogP contribution is 2.27. The maximum Gasteiger partial charge on any atom is 0.127 e. The van der Waals surface area contributed by atoms with Crippen LogP contribution in [-0.4, -0.2) is 10.1 Å². The number of phenols is 1. The van der Waals surface area contributed by atoms with Gasteiger partial charge in [0.05, 0.1) is 10.9 Å². The second-order valence-electron chi connectivity index (χ2n) is 2.57. The molecule has 0 aliphatic heterocycles. The van der Waals surface area contributed by atoms with Crippen LogP contribution < -0.4 is 5.73 Å². The molecule has 2 rings (SSSR count). The lowest BCUT2D eigenvalue weighted by atomic mass is 10.2. The highest BCUT2D eigenvalue weighted by atomic mass is 16.3. The lowest BCUT2D eigenvalue weighted by Gasteiger charge is -2.01. The van der Waals surface area contributed by atoms with Gasteiger partial charge in [0.2, 0.25) is 0 Å². The molecular weight excluding hydrogens is 152 g/mol. The van der Waals surface area contributed by atoms with E-state index >= 15 is 0 Å². The van der Waals surface area contributed by atoms with Crippen molar-refractivity contribution in [1.29, 1.82) is 0 Å². The number of nitrogens with zero attached hydrogens (tertiary/aromatic N) is 1. The Morgan fingerprint density at radius 2 is 2.08 bits per heavy atom. The number of hydrogen-bond donors (Lipinski definition) is 2. The first kappa shape index (κ1) is 6.91. The molecule has 0 atom stereocenters. The smallest absolute Gasteiger partial charge is 0.127 e. The molecule has 2 aromatic rings. The van der Waals surface area contributed by atoms with Crippen molar-refractivity contribution in [3.05, 3.63) is 30.5 Å². The third kappa shape index (κ3) is 0.871. The van der Waals surface area contributed by atoms with Crippen LogP contribution in [0.25, 0.3) is 10.9 Å². The summed E-state index contributed by atoms with van der Waals surface area (Å²) in [5.74, 6) is 0.179. The monoisotopic (exact) mass is 160 g/mol. The molecule has 1 heterocycles. The quantitative estimate of drug-likeness (QED) is 0.614. The molecule has 0 unspecified atom stereocenters. The van der Waals surface area contributed by atoms with Gasteiger partial charge in [0.25, 0.3) is 0 Å². The van der Waals surface area contributed by atoms with Gasteiger partial charge >= 0.3 is 0 Å². The fourth-order valence-corrected chi connectivity index (χ4v) is 1.21. The van der Waals surface area contributed by atoms with Crippen molar-refractivity contribution in [2.45, 2.75) is 0 Å². The number of aromatic hydroxyl groups is 1. The fraction of sp³-hybridized carbons (Fsp3) is 0. The summed E-state index contributed by atoms with van der Waals surface area (Å²) in [6, 6.07) is 6.82. The molecular formula is C9H8N2O. The first-order valence-corrected chi connectivity index (χ1v) is 3.61. The summed E-state index contributed by atoms with van der Waals surface area (Å²) >= 11 is 0. The normalized spacial score (nSPS) is 10.3. The van der Waals surface area contributed by atoms with Crippen molar-refractivity contribution in [3.63, 3.8) is 0 Å². The second-order valence-corrected chi connectivity index (χ2v) is 2.57. The third-order valence-electron chi connectivity index (χ3n) is 1.78. The van der Waals surface area contributed by atoms with Gasteiger partial charge in [-0.05, 0) is 18.2 Å². The van der Waals surface area contributed by atoms with Gasteiger partial charge in [0.15, 0.2) is 0 Å². The number of anilines is 1. The molecule has 3 nitrogen and oxygen atoms in total. The summed E-state index contributed by atoms with van der Waals surface area (Å²) in [5.41, 5.74) is 6.93. The van der Waals surface area contributed by atoms with E-state index in [0.29, 0.717) is 11.1 Å². The fourth-order valence-electron chi connectivity index (χ4n) is 1.21. The second kappa shape index (κ2) is 2.37. The standard InChI is InChI=1S/C9H8N2O/c10-6-4-5-11-7-2-1-3-8(12)9(6)7/h1-5,12H,(H2,10,11). The molecule has 1 aromatic carbocycles. The molecule has 0 saturated carbocycles. The van der Waals surface area contributed by atoms with Gasteiger partial charge in [-0.15, -0.1) is 0 Å². The van der Waals surface area contributed by atoms with E-state index in [0.717, 1.165) is 5.52 Å². The summed E-state index contributed by atoms with van der Waals surface area (Å²) < 4.78 is 0. The van der Waals surface area contributed by atoms with Crippen LogP contribution >= 0.6 is 0 Å². The van der Waals surface area contributed by atoms with Crippen LogP contribution in [0.4, 0.5) is 5.69 Å². The summed E-state index contributed by atoms with van der Waals surface area (Å²) in [5, 5.41) is 10.1. The Morgan fingerprint density at radius 3 is 2.83 bits per heavy atom. The van der Waals surface area contributed by atoms with Crippen LogP contribution in [0.3, 0.4) is 0 Å². The highest BCUT2D eigenvalue weighted by molar-refractivity contribution is 5.94. The molecule has 0 radical (unpaired) electrons. The van der Waals surface area contributed by atoms with E-state index in [4.69, 9.17) is 5.73 Å². The van der Waals surface area contributed by atoms with E-state index in [1.165, 1.54) is 0 Å². The van der Waals surface area contributed by atoms with Crippen LogP contribution in [0, 0.1) is 0 Å². The Kier molecular flexibility index (Phi) is 1.37. The molecule has 1 aromatic heterocycles. The maximum atomic E-state index is 9.43. The molecule has 0 amide bonds. The molecule has 0 saturated heterocycles. The first-order chi connectivity index (χ1) is 5.79. The van der Waals surface area contributed by atoms with Gasteiger partial charge in [0, 0.05) is 11.9 Å². The number of benzene rings is 1. The van der Waals surface area contributed by atoms with Gasteiger partial charge in [-0.3, -0.25) is 4.98 Å². The summed E-state index contributed by atoms with van der Waals surface area (Å²) in [7, 11) is 0. The predicted molar refractivity (Wildman–Crippen MR) is 47.8 cm³/mol. The van der Waals surface area contributed by atoms with Crippen molar-refractivity contribution in [2.75, 3.05) is 5.73 Å². The summed E-state index contributed by atoms with van der Waals surface area (Å²) in [6.07, 6.45) is 1.62. The SMILES string of the molecule is Nc1ccnc2cccc(O)c12. The third-order valence-corrected chi connectivity index (χ3v) is 1.78. The summed E-state index contributed by atoms with van der Waals surface area (Å²) in [6.45, 7) is 0. The number of nitrogens with two attached hydrogens (primary N) is 1. The zero-order valence-corrected chi connectivity index (χ0v) is 6.36. The minimum atomic E-state index is 0.179. The molecule has 0 spiro atoms. The van der Waals surface area contributed by atoms with Gasteiger partial charge in [-0.25, -0.2) is 0 Å². The van der Waals surface area contributed by atoms with Gasteiger partial charge in [0.1, 0.15) is 5.75 Å². The number of pyridine rings is 1. The Morgan fingerprint density at radius 1 is 1.25 bits per heavy atom.